The Bertz CT molecular complexity index is 1190. The van der Waals surface area contributed by atoms with Crippen LogP contribution in [0.2, 0.25) is 0 Å². The maximum Gasteiger partial charge on any atom is 0.261 e. The molecule has 0 aliphatic heterocycles. The number of amides is 2. The number of carbonyl (C=O) groups is 2. The Morgan fingerprint density at radius 3 is 2.48 bits per heavy atom. The van der Waals surface area contributed by atoms with Crippen molar-refractivity contribution in [1.82, 2.24) is 25.4 Å². The van der Waals surface area contributed by atoms with Gasteiger partial charge in [-0.1, -0.05) is 18.2 Å². The zero-order valence-corrected chi connectivity index (χ0v) is 17.7. The molecule has 7 nitrogen and oxygen atoms in total. The van der Waals surface area contributed by atoms with Gasteiger partial charge in [0, 0.05) is 48.1 Å². The fourth-order valence-electron chi connectivity index (χ4n) is 3.07. The Morgan fingerprint density at radius 2 is 1.74 bits per heavy atom. The van der Waals surface area contributed by atoms with Crippen LogP contribution in [0.5, 0.6) is 0 Å². The first-order valence-corrected chi connectivity index (χ1v) is 10.6. The van der Waals surface area contributed by atoms with E-state index in [9.17, 15) is 9.59 Å². The minimum Gasteiger partial charge on any atom is -0.351 e. The highest BCUT2D eigenvalue weighted by Crippen LogP contribution is 2.23. The van der Waals surface area contributed by atoms with Crippen LogP contribution < -0.4 is 10.6 Å². The van der Waals surface area contributed by atoms with Gasteiger partial charge in [0.05, 0.1) is 22.8 Å². The van der Waals surface area contributed by atoms with E-state index in [4.69, 9.17) is 5.10 Å². The third kappa shape index (κ3) is 5.04. The molecule has 0 radical (unpaired) electrons. The molecule has 0 spiro atoms. The number of nitrogens with one attached hydrogen (secondary N) is 2. The molecular weight excluding hydrogens is 410 g/mol. The SMILES string of the molecule is CC(=O)NCc1ccc(C(=O)NCc2cn(-c3ccccc3)nc2-c2ccncc2)s1. The number of nitrogens with zero attached hydrogens (tertiary/aromatic N) is 3. The lowest BCUT2D eigenvalue weighted by Gasteiger charge is -2.04. The molecule has 4 aromatic rings. The second kappa shape index (κ2) is 9.36. The number of thiophene rings is 1. The lowest BCUT2D eigenvalue weighted by atomic mass is 10.1. The van der Waals surface area contributed by atoms with Gasteiger partial charge < -0.3 is 10.6 Å². The molecule has 2 amide bonds. The van der Waals surface area contributed by atoms with E-state index in [-0.39, 0.29) is 11.8 Å². The van der Waals surface area contributed by atoms with Crippen LogP contribution in [0.15, 0.2) is 73.2 Å². The highest BCUT2D eigenvalue weighted by molar-refractivity contribution is 7.14. The van der Waals surface area contributed by atoms with Crippen molar-refractivity contribution in [1.29, 1.82) is 0 Å². The van der Waals surface area contributed by atoms with Crippen molar-refractivity contribution >= 4 is 23.2 Å². The number of pyridine rings is 1. The van der Waals surface area contributed by atoms with Crippen LogP contribution in [0.3, 0.4) is 0 Å². The summed E-state index contributed by atoms with van der Waals surface area (Å²) in [5.74, 6) is -0.259. The molecule has 0 aliphatic carbocycles. The molecule has 3 aromatic heterocycles. The third-order valence-electron chi connectivity index (χ3n) is 4.60. The van der Waals surface area contributed by atoms with Gasteiger partial charge in [-0.2, -0.15) is 5.10 Å². The Labute approximate surface area is 183 Å². The number of benzene rings is 1. The molecule has 0 aliphatic rings. The maximum atomic E-state index is 12.7. The van der Waals surface area contributed by atoms with Gasteiger partial charge in [0.2, 0.25) is 5.91 Å². The van der Waals surface area contributed by atoms with E-state index in [1.54, 1.807) is 18.5 Å². The molecule has 0 saturated carbocycles. The van der Waals surface area contributed by atoms with Crippen molar-refractivity contribution in [2.45, 2.75) is 20.0 Å². The average Bonchev–Trinajstić information content (AvgIpc) is 3.45. The first-order valence-electron chi connectivity index (χ1n) is 9.76. The third-order valence-corrected chi connectivity index (χ3v) is 5.68. The normalized spacial score (nSPS) is 10.6. The first-order chi connectivity index (χ1) is 15.1. The van der Waals surface area contributed by atoms with Gasteiger partial charge in [0.15, 0.2) is 0 Å². The number of hydrogen-bond donors (Lipinski definition) is 2. The highest BCUT2D eigenvalue weighted by atomic mass is 32.1. The Balaban J connectivity index is 1.53. The van der Waals surface area contributed by atoms with Crippen LogP contribution in [0.1, 0.15) is 27.0 Å². The van der Waals surface area contributed by atoms with Gasteiger partial charge in [-0.25, -0.2) is 4.68 Å². The first kappa shape index (κ1) is 20.5. The molecule has 3 heterocycles. The molecule has 8 heteroatoms. The lowest BCUT2D eigenvalue weighted by Crippen LogP contribution is -2.22. The largest absolute Gasteiger partial charge is 0.351 e. The quantitative estimate of drug-likeness (QED) is 0.468. The zero-order valence-electron chi connectivity index (χ0n) is 16.9. The summed E-state index contributed by atoms with van der Waals surface area (Å²) < 4.78 is 1.81. The Morgan fingerprint density at radius 1 is 0.968 bits per heavy atom. The number of hydrogen-bond acceptors (Lipinski definition) is 5. The summed E-state index contributed by atoms with van der Waals surface area (Å²) in [4.78, 5) is 29.3. The molecule has 0 bridgehead atoms. The fourth-order valence-corrected chi connectivity index (χ4v) is 3.94. The summed E-state index contributed by atoms with van der Waals surface area (Å²) in [6, 6.07) is 17.3. The molecule has 0 fully saturated rings. The second-order valence-corrected chi connectivity index (χ2v) is 8.05. The van der Waals surface area contributed by atoms with Crippen molar-refractivity contribution in [3.63, 3.8) is 0 Å². The summed E-state index contributed by atoms with van der Waals surface area (Å²) >= 11 is 1.36. The predicted molar refractivity (Wildman–Crippen MR) is 120 cm³/mol. The topological polar surface area (TPSA) is 88.9 Å². The predicted octanol–water partition coefficient (Wildman–Crippen LogP) is 3.56. The van der Waals surface area contributed by atoms with E-state index in [0.29, 0.717) is 18.0 Å². The molecule has 2 N–H and O–H groups in total. The molecule has 156 valence electrons. The monoisotopic (exact) mass is 431 g/mol. The van der Waals surface area contributed by atoms with Gasteiger partial charge in [-0.05, 0) is 36.4 Å². The van der Waals surface area contributed by atoms with E-state index in [0.717, 1.165) is 27.4 Å². The lowest BCUT2D eigenvalue weighted by molar-refractivity contribution is -0.119. The van der Waals surface area contributed by atoms with Crippen LogP contribution in [0.25, 0.3) is 16.9 Å². The Kier molecular flexibility index (Phi) is 6.18. The van der Waals surface area contributed by atoms with Crippen molar-refractivity contribution in [2.24, 2.45) is 0 Å². The Hall–Kier alpha value is -3.78. The molecular formula is C23H21N5O2S. The second-order valence-electron chi connectivity index (χ2n) is 6.88. The maximum absolute atomic E-state index is 12.7. The van der Waals surface area contributed by atoms with Gasteiger partial charge in [0.1, 0.15) is 0 Å². The smallest absolute Gasteiger partial charge is 0.261 e. The van der Waals surface area contributed by atoms with Gasteiger partial charge in [0.25, 0.3) is 5.91 Å². The van der Waals surface area contributed by atoms with Crippen LogP contribution in [-0.4, -0.2) is 26.6 Å². The van der Waals surface area contributed by atoms with E-state index >= 15 is 0 Å². The summed E-state index contributed by atoms with van der Waals surface area (Å²) in [6.45, 7) is 2.22. The minimum absolute atomic E-state index is 0.0986. The number of rotatable bonds is 7. The molecule has 0 saturated heterocycles. The molecule has 0 atom stereocenters. The minimum atomic E-state index is -0.160. The van der Waals surface area contributed by atoms with Gasteiger partial charge in [-0.15, -0.1) is 11.3 Å². The van der Waals surface area contributed by atoms with Crippen LogP contribution in [0, 0.1) is 0 Å². The van der Waals surface area contributed by atoms with Gasteiger partial charge >= 0.3 is 0 Å². The summed E-state index contributed by atoms with van der Waals surface area (Å²) in [7, 11) is 0. The highest BCUT2D eigenvalue weighted by Gasteiger charge is 2.15. The van der Waals surface area contributed by atoms with E-state index in [2.05, 4.69) is 15.6 Å². The van der Waals surface area contributed by atoms with Crippen LogP contribution in [-0.2, 0) is 17.9 Å². The fraction of sp³-hybridized carbons (Fsp3) is 0.130. The van der Waals surface area contributed by atoms with Crippen molar-refractivity contribution in [3.8, 4) is 16.9 Å². The van der Waals surface area contributed by atoms with Crippen molar-refractivity contribution < 1.29 is 9.59 Å². The van der Waals surface area contributed by atoms with E-state index in [1.165, 1.54) is 18.3 Å². The average molecular weight is 432 g/mol. The number of para-hydroxylation sites is 1. The number of carbonyl (C=O) groups excluding carboxylic acids is 2. The summed E-state index contributed by atoms with van der Waals surface area (Å²) in [5.41, 5.74) is 3.57. The van der Waals surface area contributed by atoms with E-state index < -0.39 is 0 Å². The molecule has 31 heavy (non-hydrogen) atoms. The van der Waals surface area contributed by atoms with Crippen molar-refractivity contribution in [3.05, 3.63) is 88.5 Å². The van der Waals surface area contributed by atoms with Gasteiger partial charge in [-0.3, -0.25) is 14.6 Å². The van der Waals surface area contributed by atoms with Crippen LogP contribution >= 0.6 is 11.3 Å². The zero-order chi connectivity index (χ0) is 21.6. The van der Waals surface area contributed by atoms with Crippen LogP contribution in [0.4, 0.5) is 0 Å². The van der Waals surface area contributed by atoms with E-state index in [1.807, 2.05) is 59.4 Å². The molecule has 4 rings (SSSR count). The molecule has 0 unspecified atom stereocenters. The standard InChI is InChI=1S/C23H21N5O2S/c1-16(29)25-14-20-7-8-21(31-20)23(30)26-13-18-15-28(19-5-3-2-4-6-19)27-22(18)17-9-11-24-12-10-17/h2-12,15H,13-14H2,1H3,(H,25,29)(H,26,30). The number of aromatic nitrogens is 3. The van der Waals surface area contributed by atoms with Crippen molar-refractivity contribution in [2.75, 3.05) is 0 Å². The summed E-state index contributed by atoms with van der Waals surface area (Å²) in [5, 5.41) is 10.5. The molecule has 1 aromatic carbocycles. The summed E-state index contributed by atoms with van der Waals surface area (Å²) in [6.07, 6.45) is 5.38.